The van der Waals surface area contributed by atoms with Gasteiger partial charge in [0.05, 0.1) is 19.8 Å². The highest BCUT2D eigenvalue weighted by molar-refractivity contribution is 5.92. The lowest BCUT2D eigenvalue weighted by Gasteiger charge is -2.29. The number of rotatable bonds is 6. The number of carbonyl (C=O) groups excluding carboxylic acids is 2. The van der Waals surface area contributed by atoms with Crippen molar-refractivity contribution in [3.8, 4) is 11.5 Å². The van der Waals surface area contributed by atoms with Crippen molar-refractivity contribution in [2.45, 2.75) is 38.6 Å². The molecule has 0 aliphatic heterocycles. The van der Waals surface area contributed by atoms with E-state index < -0.39 is 5.97 Å². The summed E-state index contributed by atoms with van der Waals surface area (Å²) in [5.41, 5.74) is 0.282. The highest BCUT2D eigenvalue weighted by Crippen LogP contribution is 2.24. The molecule has 0 spiro atoms. The summed E-state index contributed by atoms with van der Waals surface area (Å²) >= 11 is 0. The molecule has 0 unspecified atom stereocenters. The SMILES string of the molecule is COc1cc(OC)cc(C(=O)OCC(=O)N[C@@H]2CCCC[C@H]2C)c1. The summed E-state index contributed by atoms with van der Waals surface area (Å²) in [7, 11) is 3.01. The van der Waals surface area contributed by atoms with Gasteiger partial charge < -0.3 is 19.5 Å². The van der Waals surface area contributed by atoms with Gasteiger partial charge in [0.25, 0.3) is 5.91 Å². The molecule has 1 aromatic carbocycles. The maximum Gasteiger partial charge on any atom is 0.338 e. The number of amides is 1. The van der Waals surface area contributed by atoms with Gasteiger partial charge in [-0.3, -0.25) is 4.79 Å². The van der Waals surface area contributed by atoms with Crippen molar-refractivity contribution in [1.29, 1.82) is 0 Å². The van der Waals surface area contributed by atoms with Crippen molar-refractivity contribution in [1.82, 2.24) is 5.32 Å². The highest BCUT2D eigenvalue weighted by Gasteiger charge is 2.23. The first-order chi connectivity index (χ1) is 11.5. The lowest BCUT2D eigenvalue weighted by molar-refractivity contribution is -0.125. The molecule has 132 valence electrons. The molecular formula is C18H25NO5. The Kier molecular flexibility index (Phi) is 6.46. The third-order valence-corrected chi connectivity index (χ3v) is 4.38. The lowest BCUT2D eigenvalue weighted by atomic mass is 9.86. The third-order valence-electron chi connectivity index (χ3n) is 4.38. The summed E-state index contributed by atoms with van der Waals surface area (Å²) in [6.07, 6.45) is 4.43. The van der Waals surface area contributed by atoms with Crippen LogP contribution in [-0.2, 0) is 9.53 Å². The molecule has 0 radical (unpaired) electrons. The molecule has 1 fully saturated rings. The summed E-state index contributed by atoms with van der Waals surface area (Å²) in [4.78, 5) is 24.1. The van der Waals surface area contributed by atoms with Gasteiger partial charge >= 0.3 is 5.97 Å². The minimum Gasteiger partial charge on any atom is -0.497 e. The van der Waals surface area contributed by atoms with Gasteiger partial charge in [0.1, 0.15) is 11.5 Å². The van der Waals surface area contributed by atoms with Gasteiger partial charge in [0, 0.05) is 12.1 Å². The molecule has 1 amide bonds. The van der Waals surface area contributed by atoms with Crippen LogP contribution < -0.4 is 14.8 Å². The van der Waals surface area contributed by atoms with Crippen LogP contribution in [0, 0.1) is 5.92 Å². The van der Waals surface area contributed by atoms with E-state index in [1.165, 1.54) is 20.6 Å². The van der Waals surface area contributed by atoms with E-state index in [1.54, 1.807) is 18.2 Å². The zero-order valence-corrected chi connectivity index (χ0v) is 14.5. The monoisotopic (exact) mass is 335 g/mol. The number of methoxy groups -OCH3 is 2. The van der Waals surface area contributed by atoms with Crippen LogP contribution in [0.2, 0.25) is 0 Å². The van der Waals surface area contributed by atoms with Crippen LogP contribution in [0.1, 0.15) is 43.0 Å². The molecule has 2 atom stereocenters. The Bertz CT molecular complexity index is 565. The Balaban J connectivity index is 1.89. The predicted molar refractivity (Wildman–Crippen MR) is 89.4 cm³/mol. The van der Waals surface area contributed by atoms with Gasteiger partial charge in [-0.1, -0.05) is 19.8 Å². The maximum absolute atomic E-state index is 12.1. The summed E-state index contributed by atoms with van der Waals surface area (Å²) in [6.45, 7) is 1.85. The molecule has 1 aliphatic carbocycles. The summed E-state index contributed by atoms with van der Waals surface area (Å²) in [5.74, 6) is 0.584. The molecule has 0 aromatic heterocycles. The van der Waals surface area contributed by atoms with Crippen LogP contribution in [0.25, 0.3) is 0 Å². The van der Waals surface area contributed by atoms with Crippen LogP contribution in [0.4, 0.5) is 0 Å². The van der Waals surface area contributed by atoms with Crippen LogP contribution >= 0.6 is 0 Å². The first kappa shape index (κ1) is 18.1. The Hall–Kier alpha value is -2.24. The van der Waals surface area contributed by atoms with E-state index in [0.717, 1.165) is 19.3 Å². The number of ether oxygens (including phenoxy) is 3. The molecule has 1 aromatic rings. The first-order valence-electron chi connectivity index (χ1n) is 8.23. The second-order valence-corrected chi connectivity index (χ2v) is 6.11. The number of hydrogen-bond donors (Lipinski definition) is 1. The standard InChI is InChI=1S/C18H25NO5/c1-12-6-4-5-7-16(12)19-17(20)11-24-18(21)13-8-14(22-2)10-15(9-13)23-3/h8-10,12,16H,4-7,11H2,1-3H3,(H,19,20)/t12-,16-/m1/s1. The number of carbonyl (C=O) groups is 2. The van der Waals surface area contributed by atoms with Crippen molar-refractivity contribution >= 4 is 11.9 Å². The van der Waals surface area contributed by atoms with E-state index in [4.69, 9.17) is 14.2 Å². The summed E-state index contributed by atoms with van der Waals surface area (Å²) in [6, 6.07) is 4.92. The molecule has 6 heteroatoms. The number of benzene rings is 1. The average molecular weight is 335 g/mol. The number of nitrogens with one attached hydrogen (secondary N) is 1. The van der Waals surface area contributed by atoms with Crippen molar-refractivity contribution in [3.63, 3.8) is 0 Å². The van der Waals surface area contributed by atoms with Gasteiger partial charge in [-0.25, -0.2) is 4.79 Å². The van der Waals surface area contributed by atoms with Crippen molar-refractivity contribution in [2.75, 3.05) is 20.8 Å². The van der Waals surface area contributed by atoms with E-state index in [1.807, 2.05) is 0 Å². The Morgan fingerprint density at radius 1 is 1.08 bits per heavy atom. The fourth-order valence-corrected chi connectivity index (χ4v) is 2.92. The van der Waals surface area contributed by atoms with E-state index in [-0.39, 0.29) is 24.1 Å². The summed E-state index contributed by atoms with van der Waals surface area (Å²) in [5, 5.41) is 2.96. The largest absolute Gasteiger partial charge is 0.497 e. The third kappa shape index (κ3) is 4.88. The quantitative estimate of drug-likeness (QED) is 0.809. The van der Waals surface area contributed by atoms with E-state index >= 15 is 0 Å². The molecule has 24 heavy (non-hydrogen) atoms. The topological polar surface area (TPSA) is 73.9 Å². The second-order valence-electron chi connectivity index (χ2n) is 6.11. The number of hydrogen-bond acceptors (Lipinski definition) is 5. The molecule has 1 N–H and O–H groups in total. The lowest BCUT2D eigenvalue weighted by Crippen LogP contribution is -2.42. The van der Waals surface area contributed by atoms with Crippen molar-refractivity contribution < 1.29 is 23.8 Å². The molecular weight excluding hydrogens is 310 g/mol. The Morgan fingerprint density at radius 2 is 1.71 bits per heavy atom. The average Bonchev–Trinajstić information content (AvgIpc) is 2.61. The molecule has 0 bridgehead atoms. The second kappa shape index (κ2) is 8.57. The Labute approximate surface area is 142 Å². The minimum atomic E-state index is -0.584. The predicted octanol–water partition coefficient (Wildman–Crippen LogP) is 2.56. The van der Waals surface area contributed by atoms with E-state index in [9.17, 15) is 9.59 Å². The fourth-order valence-electron chi connectivity index (χ4n) is 2.92. The van der Waals surface area contributed by atoms with Gasteiger partial charge in [0.2, 0.25) is 0 Å². The van der Waals surface area contributed by atoms with Crippen LogP contribution in [-0.4, -0.2) is 38.7 Å². The fraction of sp³-hybridized carbons (Fsp3) is 0.556. The smallest absolute Gasteiger partial charge is 0.338 e. The first-order valence-corrected chi connectivity index (χ1v) is 8.23. The Morgan fingerprint density at radius 3 is 2.29 bits per heavy atom. The molecule has 1 aliphatic rings. The normalized spacial score (nSPS) is 20.1. The maximum atomic E-state index is 12.1. The highest BCUT2D eigenvalue weighted by atomic mass is 16.5. The van der Waals surface area contributed by atoms with Crippen LogP contribution in [0.15, 0.2) is 18.2 Å². The number of esters is 1. The molecule has 0 heterocycles. The molecule has 2 rings (SSSR count). The zero-order valence-electron chi connectivity index (χ0n) is 14.5. The van der Waals surface area contributed by atoms with Gasteiger partial charge in [0.15, 0.2) is 6.61 Å². The summed E-state index contributed by atoms with van der Waals surface area (Å²) < 4.78 is 15.3. The van der Waals surface area contributed by atoms with Crippen molar-refractivity contribution in [3.05, 3.63) is 23.8 Å². The van der Waals surface area contributed by atoms with Crippen molar-refractivity contribution in [2.24, 2.45) is 5.92 Å². The van der Waals surface area contributed by atoms with Gasteiger partial charge in [-0.05, 0) is 30.9 Å². The minimum absolute atomic E-state index is 0.168. The molecule has 6 nitrogen and oxygen atoms in total. The van der Waals surface area contributed by atoms with Crippen LogP contribution in [0.5, 0.6) is 11.5 Å². The van der Waals surface area contributed by atoms with Gasteiger partial charge in [-0.15, -0.1) is 0 Å². The van der Waals surface area contributed by atoms with E-state index in [2.05, 4.69) is 12.2 Å². The molecule has 1 saturated carbocycles. The van der Waals surface area contributed by atoms with Crippen LogP contribution in [0.3, 0.4) is 0 Å². The van der Waals surface area contributed by atoms with E-state index in [0.29, 0.717) is 17.4 Å². The van der Waals surface area contributed by atoms with Gasteiger partial charge in [-0.2, -0.15) is 0 Å². The molecule has 0 saturated heterocycles. The zero-order chi connectivity index (χ0) is 17.5.